The number of rotatable bonds is 3. The largest absolute Gasteiger partial charge is 0.428 e. The highest BCUT2D eigenvalue weighted by Gasteiger charge is 2.31. The van der Waals surface area contributed by atoms with Gasteiger partial charge in [-0.1, -0.05) is 6.07 Å². The maximum atomic E-state index is 12.2. The van der Waals surface area contributed by atoms with E-state index in [2.05, 4.69) is 9.72 Å². The molecule has 0 bridgehead atoms. The minimum atomic E-state index is -3.78. The number of hydrogen-bond acceptors (Lipinski definition) is 2. The van der Waals surface area contributed by atoms with Crippen molar-refractivity contribution in [3.8, 4) is 5.88 Å². The Morgan fingerprint density at radius 2 is 2.08 bits per heavy atom. The average Bonchev–Trinajstić information content (AvgIpc) is 2.06. The average molecular weight is 214 g/mol. The van der Waals surface area contributed by atoms with E-state index in [0.717, 1.165) is 0 Å². The minimum Gasteiger partial charge on any atom is -0.413 e. The quantitative estimate of drug-likeness (QED) is 0.770. The molecule has 1 aromatic rings. The van der Waals surface area contributed by atoms with Crippen LogP contribution in [0.3, 0.4) is 0 Å². The highest BCUT2D eigenvalue weighted by atomic mass is 35.5. The second-order valence-electron chi connectivity index (χ2n) is 2.04. The number of ether oxygens (including phenoxy) is 1. The number of pyridine rings is 1. The molecule has 0 fully saturated rings. The van der Waals surface area contributed by atoms with Crippen molar-refractivity contribution in [2.24, 2.45) is 0 Å². The number of nitrogens with zero attached hydrogens (tertiary/aromatic N) is 1. The summed E-state index contributed by atoms with van der Waals surface area (Å²) in [5, 5.41) is 0. The molecule has 6 heteroatoms. The Morgan fingerprint density at radius 1 is 1.38 bits per heavy atom. The first-order valence-electron chi connectivity index (χ1n) is 3.18. The zero-order valence-corrected chi connectivity index (χ0v) is 7.23. The Labute approximate surface area is 79.1 Å². The molecule has 0 saturated heterocycles. The highest BCUT2D eigenvalue weighted by Crippen LogP contribution is 2.18. The lowest BCUT2D eigenvalue weighted by molar-refractivity contribution is -0.188. The van der Waals surface area contributed by atoms with Gasteiger partial charge in [0, 0.05) is 12.3 Å². The molecule has 0 unspecified atom stereocenters. The number of halogens is 4. The van der Waals surface area contributed by atoms with Gasteiger partial charge in [-0.25, -0.2) is 9.37 Å². The maximum absolute atomic E-state index is 12.2. The van der Waals surface area contributed by atoms with Crippen LogP contribution in [0.1, 0.15) is 0 Å². The zero-order chi connectivity index (χ0) is 9.03. The van der Waals surface area contributed by atoms with Crippen LogP contribution in [0.2, 0.25) is 0 Å². The molecule has 0 aliphatic heterocycles. The lowest BCUT2D eigenvalue weighted by atomic mass is 10.5. The summed E-state index contributed by atoms with van der Waals surface area (Å²) in [6.45, 7) is -1.86. The van der Waals surface area contributed by atoms with E-state index in [9.17, 15) is 13.2 Å². The van der Waals surface area contributed by atoms with Crippen LogP contribution in [-0.2, 0) is 0 Å². The second kappa shape index (κ2) is 4.91. The van der Waals surface area contributed by atoms with Crippen molar-refractivity contribution in [3.63, 3.8) is 0 Å². The van der Waals surface area contributed by atoms with E-state index in [1.54, 1.807) is 6.07 Å². The monoisotopic (exact) mass is 213 g/mol. The van der Waals surface area contributed by atoms with Gasteiger partial charge in [0.05, 0.1) is 0 Å². The minimum absolute atomic E-state index is 0. The van der Waals surface area contributed by atoms with E-state index in [4.69, 9.17) is 0 Å². The van der Waals surface area contributed by atoms with Gasteiger partial charge < -0.3 is 4.74 Å². The van der Waals surface area contributed by atoms with Crippen molar-refractivity contribution in [3.05, 3.63) is 24.4 Å². The molecule has 0 saturated carbocycles. The highest BCUT2D eigenvalue weighted by molar-refractivity contribution is 5.85. The molecule has 74 valence electrons. The Bertz CT molecular complexity index is 245. The first-order chi connectivity index (χ1) is 5.64. The molecular weight excluding hydrogens is 207 g/mol. The molecule has 1 heterocycles. The van der Waals surface area contributed by atoms with Crippen LogP contribution in [0, 0.1) is 0 Å². The summed E-state index contributed by atoms with van der Waals surface area (Å²) in [6, 6.07) is 4.24. The predicted octanol–water partition coefficient (Wildman–Crippen LogP) is 2.44. The summed E-state index contributed by atoms with van der Waals surface area (Å²) < 4.78 is 39.9. The molecule has 0 amide bonds. The Hall–Kier alpha value is -0.970. The van der Waals surface area contributed by atoms with Crippen molar-refractivity contribution >= 4 is 12.4 Å². The van der Waals surface area contributed by atoms with Crippen molar-refractivity contribution in [2.45, 2.75) is 6.11 Å². The summed E-state index contributed by atoms with van der Waals surface area (Å²) in [4.78, 5) is 3.44. The van der Waals surface area contributed by atoms with Crippen LogP contribution < -0.4 is 4.74 Å². The lowest BCUT2D eigenvalue weighted by Gasteiger charge is -2.12. The fourth-order valence-electron chi connectivity index (χ4n) is 0.588. The van der Waals surface area contributed by atoms with Crippen molar-refractivity contribution in [1.82, 2.24) is 4.98 Å². The van der Waals surface area contributed by atoms with Crippen LogP contribution in [0.25, 0.3) is 0 Å². The molecule has 0 spiro atoms. The molecule has 1 rings (SSSR count). The topological polar surface area (TPSA) is 22.1 Å². The first-order valence-corrected chi connectivity index (χ1v) is 3.18. The van der Waals surface area contributed by atoms with Gasteiger partial charge in [-0.3, -0.25) is 0 Å². The van der Waals surface area contributed by atoms with Gasteiger partial charge in [0.1, 0.15) is 0 Å². The molecule has 0 atom stereocenters. The Kier molecular flexibility index (Phi) is 4.55. The van der Waals surface area contributed by atoms with Crippen molar-refractivity contribution in [1.29, 1.82) is 0 Å². The van der Waals surface area contributed by atoms with Crippen LogP contribution in [0.4, 0.5) is 13.2 Å². The maximum Gasteiger partial charge on any atom is 0.428 e. The normalized spacial score (nSPS) is 10.4. The molecule has 0 aliphatic carbocycles. The molecule has 0 N–H and O–H groups in total. The molecule has 2 nitrogen and oxygen atoms in total. The molecule has 0 aromatic carbocycles. The third-order valence-electron chi connectivity index (χ3n) is 1.05. The van der Waals surface area contributed by atoms with Gasteiger partial charge in [0.15, 0.2) is 6.67 Å². The summed E-state index contributed by atoms with van der Waals surface area (Å²) in [5.74, 6) is -0.292. The van der Waals surface area contributed by atoms with Crippen molar-refractivity contribution < 1.29 is 17.9 Å². The predicted molar refractivity (Wildman–Crippen MR) is 43.0 cm³/mol. The van der Waals surface area contributed by atoms with Gasteiger partial charge in [0.25, 0.3) is 0 Å². The number of hydrogen-bond donors (Lipinski definition) is 0. The first kappa shape index (κ1) is 12.0. The second-order valence-corrected chi connectivity index (χ2v) is 2.04. The van der Waals surface area contributed by atoms with Gasteiger partial charge in [0.2, 0.25) is 5.88 Å². The van der Waals surface area contributed by atoms with Crippen molar-refractivity contribution in [2.75, 3.05) is 6.67 Å². The van der Waals surface area contributed by atoms with Gasteiger partial charge in [-0.05, 0) is 6.07 Å². The third kappa shape index (κ3) is 3.98. The van der Waals surface area contributed by atoms with Gasteiger partial charge in [-0.2, -0.15) is 8.78 Å². The van der Waals surface area contributed by atoms with Gasteiger partial charge >= 0.3 is 6.11 Å². The molecule has 13 heavy (non-hydrogen) atoms. The summed E-state index contributed by atoms with van der Waals surface area (Å²) in [5.41, 5.74) is 0. The number of alkyl halides is 3. The molecule has 0 aliphatic rings. The van der Waals surface area contributed by atoms with Crippen LogP contribution in [0.15, 0.2) is 24.4 Å². The number of aromatic nitrogens is 1. The van der Waals surface area contributed by atoms with E-state index >= 15 is 0 Å². The fourth-order valence-corrected chi connectivity index (χ4v) is 0.588. The van der Waals surface area contributed by atoms with Crippen LogP contribution in [0.5, 0.6) is 5.88 Å². The third-order valence-corrected chi connectivity index (χ3v) is 1.05. The lowest BCUT2D eigenvalue weighted by Crippen LogP contribution is -2.27. The smallest absolute Gasteiger partial charge is 0.413 e. The Morgan fingerprint density at radius 3 is 2.54 bits per heavy atom. The summed E-state index contributed by atoms with van der Waals surface area (Å²) >= 11 is 0. The summed E-state index contributed by atoms with van der Waals surface area (Å²) in [7, 11) is 0. The molecule has 0 radical (unpaired) electrons. The van der Waals surface area contributed by atoms with E-state index < -0.39 is 12.8 Å². The Balaban J connectivity index is 0.00000144. The fraction of sp³-hybridized carbons (Fsp3) is 0.286. The van der Waals surface area contributed by atoms with E-state index in [1.807, 2.05) is 0 Å². The SMILES string of the molecule is Cl.FCC(F)(F)Oc1ccccn1. The van der Waals surface area contributed by atoms with E-state index in [-0.39, 0.29) is 18.3 Å². The summed E-state index contributed by atoms with van der Waals surface area (Å²) in [6.07, 6.45) is -2.50. The van der Waals surface area contributed by atoms with Gasteiger partial charge in [-0.15, -0.1) is 12.4 Å². The molecular formula is C7H7ClF3NO. The van der Waals surface area contributed by atoms with Crippen LogP contribution in [-0.4, -0.2) is 17.8 Å². The molecule has 1 aromatic heterocycles. The standard InChI is InChI=1S/C7H6F3NO.ClH/c8-5-7(9,10)12-6-3-1-2-4-11-6;/h1-4H,5H2;1H. The van der Waals surface area contributed by atoms with Crippen LogP contribution >= 0.6 is 12.4 Å². The van der Waals surface area contributed by atoms with E-state index in [1.165, 1.54) is 18.3 Å². The van der Waals surface area contributed by atoms with E-state index in [0.29, 0.717) is 0 Å². The zero-order valence-electron chi connectivity index (χ0n) is 6.41.